The maximum absolute atomic E-state index is 12.4. The lowest BCUT2D eigenvalue weighted by Crippen LogP contribution is -2.46. The highest BCUT2D eigenvalue weighted by atomic mass is 32.1. The van der Waals surface area contributed by atoms with Gasteiger partial charge >= 0.3 is 0 Å². The van der Waals surface area contributed by atoms with Crippen LogP contribution in [0.3, 0.4) is 0 Å². The number of benzene rings is 1. The number of hydrogen-bond donors (Lipinski definition) is 3. The number of nitrogens with zero attached hydrogens (tertiary/aromatic N) is 1. The Morgan fingerprint density at radius 1 is 0.964 bits per heavy atom. The van der Waals surface area contributed by atoms with Crippen molar-refractivity contribution in [1.82, 2.24) is 14.9 Å². The van der Waals surface area contributed by atoms with Gasteiger partial charge in [-0.2, -0.15) is 0 Å². The molecule has 3 N–H and O–H groups in total. The van der Waals surface area contributed by atoms with Gasteiger partial charge in [0, 0.05) is 11.4 Å². The van der Waals surface area contributed by atoms with Crippen molar-refractivity contribution in [2.75, 3.05) is 32.5 Å². The number of aromatic amines is 2. The van der Waals surface area contributed by atoms with Gasteiger partial charge in [0.15, 0.2) is 0 Å². The van der Waals surface area contributed by atoms with Gasteiger partial charge in [-0.15, -0.1) is 11.3 Å². The van der Waals surface area contributed by atoms with Gasteiger partial charge in [0.2, 0.25) is 0 Å². The molecule has 0 spiro atoms. The molecule has 0 amide bonds. The Kier molecular flexibility index (Phi) is 6.62. The predicted molar refractivity (Wildman–Crippen MR) is 116 cm³/mol. The van der Waals surface area contributed by atoms with Crippen LogP contribution in [0.15, 0.2) is 52.1 Å². The minimum Gasteiger partial charge on any atom is -0.377 e. The van der Waals surface area contributed by atoms with Crippen molar-refractivity contribution >= 4 is 28.5 Å². The molecule has 0 saturated carbocycles. The van der Waals surface area contributed by atoms with E-state index >= 15 is 0 Å². The predicted octanol–water partition coefficient (Wildman–Crippen LogP) is 1.15. The summed E-state index contributed by atoms with van der Waals surface area (Å²) in [6.45, 7) is 1.92. The first-order chi connectivity index (χ1) is 13.5. The molecular weight excluding hydrogens is 372 g/mol. The summed E-state index contributed by atoms with van der Waals surface area (Å²) in [4.78, 5) is 33.1. The molecule has 3 rings (SSSR count). The zero-order valence-corrected chi connectivity index (χ0v) is 16.8. The van der Waals surface area contributed by atoms with Crippen LogP contribution in [-0.2, 0) is 0 Å². The molecule has 2 heterocycles. The summed E-state index contributed by atoms with van der Waals surface area (Å²) in [5.74, 6) is 0. The van der Waals surface area contributed by atoms with Gasteiger partial charge in [-0.1, -0.05) is 30.3 Å². The van der Waals surface area contributed by atoms with Crippen LogP contribution in [0.4, 0.5) is 5.00 Å². The van der Waals surface area contributed by atoms with Gasteiger partial charge in [0.1, 0.15) is 10.7 Å². The highest BCUT2D eigenvalue weighted by Crippen LogP contribution is 2.22. The molecule has 0 aliphatic rings. The molecule has 0 aliphatic heterocycles. The van der Waals surface area contributed by atoms with Gasteiger partial charge in [-0.3, -0.25) is 9.59 Å². The van der Waals surface area contributed by atoms with Crippen LogP contribution in [0.2, 0.25) is 0 Å². The lowest BCUT2D eigenvalue weighted by atomic mass is 10.2. The first kappa shape index (κ1) is 19.9. The number of hydrogen-bond acceptors (Lipinski definition) is 5. The second-order valence-corrected chi connectivity index (χ2v) is 7.84. The normalized spacial score (nSPS) is 12.7. The second kappa shape index (κ2) is 9.34. The Hall–Kier alpha value is -2.90. The molecule has 6 nitrogen and oxygen atoms in total. The summed E-state index contributed by atoms with van der Waals surface area (Å²) in [5, 5.41) is 4.90. The lowest BCUT2D eigenvalue weighted by molar-refractivity contribution is 0.405. The summed E-state index contributed by atoms with van der Waals surface area (Å²) in [6, 6.07) is 13.3. The van der Waals surface area contributed by atoms with Gasteiger partial charge in [-0.25, -0.2) is 0 Å². The largest absolute Gasteiger partial charge is 0.377 e. The standard InChI is InChI=1S/C21H24N4O2S/c1-25(2)12-6-11-22-19-10-9-16(28-19)14-18-21(27)23-17(20(26)24-18)13-15-7-4-3-5-8-15/h3-5,7-10,13-14,22H,6,11-12H2,1-2H3,(H,23,27)(H,24,26). The highest BCUT2D eigenvalue weighted by Gasteiger charge is 2.00. The molecule has 0 radical (unpaired) electrons. The van der Waals surface area contributed by atoms with Crippen LogP contribution in [0.5, 0.6) is 0 Å². The molecule has 146 valence electrons. The van der Waals surface area contributed by atoms with E-state index in [4.69, 9.17) is 0 Å². The third-order valence-corrected chi connectivity index (χ3v) is 5.08. The van der Waals surface area contributed by atoms with Crippen LogP contribution in [0.25, 0.3) is 12.2 Å². The quantitative estimate of drug-likeness (QED) is 0.524. The van der Waals surface area contributed by atoms with Gasteiger partial charge in [0.25, 0.3) is 11.1 Å². The number of nitrogens with one attached hydrogen (secondary N) is 3. The Morgan fingerprint density at radius 3 is 2.32 bits per heavy atom. The average Bonchev–Trinajstić information content (AvgIpc) is 3.11. The smallest absolute Gasteiger partial charge is 0.272 e. The van der Waals surface area contributed by atoms with Crippen LogP contribution >= 0.6 is 11.3 Å². The van der Waals surface area contributed by atoms with Crippen LogP contribution in [0, 0.1) is 0 Å². The van der Waals surface area contributed by atoms with E-state index in [-0.39, 0.29) is 21.8 Å². The van der Waals surface area contributed by atoms with Crippen molar-refractivity contribution in [3.63, 3.8) is 0 Å². The SMILES string of the molecule is CN(C)CCCNc1ccc(C=c2[nH]c(=O)c(=Cc3ccccc3)[nH]c2=O)s1. The van der Waals surface area contributed by atoms with Crippen molar-refractivity contribution in [2.45, 2.75) is 6.42 Å². The maximum atomic E-state index is 12.4. The molecule has 0 atom stereocenters. The first-order valence-electron chi connectivity index (χ1n) is 9.11. The van der Waals surface area contributed by atoms with Gasteiger partial charge < -0.3 is 20.2 Å². The third kappa shape index (κ3) is 5.55. The van der Waals surface area contributed by atoms with Crippen LogP contribution in [0.1, 0.15) is 16.9 Å². The molecule has 7 heteroatoms. The van der Waals surface area contributed by atoms with E-state index in [0.29, 0.717) is 0 Å². The maximum Gasteiger partial charge on any atom is 0.272 e. The van der Waals surface area contributed by atoms with Crippen molar-refractivity contribution in [2.24, 2.45) is 0 Å². The Morgan fingerprint density at radius 2 is 1.64 bits per heavy atom. The molecule has 0 aliphatic carbocycles. The molecule has 0 unspecified atom stereocenters. The third-order valence-electron chi connectivity index (χ3n) is 4.09. The minimum absolute atomic E-state index is 0.239. The lowest BCUT2D eigenvalue weighted by Gasteiger charge is -2.09. The van der Waals surface area contributed by atoms with E-state index < -0.39 is 0 Å². The van der Waals surface area contributed by atoms with Crippen molar-refractivity contribution in [1.29, 1.82) is 0 Å². The van der Waals surface area contributed by atoms with Crippen LogP contribution < -0.4 is 27.1 Å². The molecular formula is C21H24N4O2S. The Labute approximate surface area is 166 Å². The van der Waals surface area contributed by atoms with Crippen molar-refractivity contribution < 1.29 is 0 Å². The fourth-order valence-electron chi connectivity index (χ4n) is 2.69. The molecule has 1 aromatic carbocycles. The highest BCUT2D eigenvalue weighted by molar-refractivity contribution is 7.16. The Balaban J connectivity index is 1.80. The summed E-state index contributed by atoms with van der Waals surface area (Å²) in [7, 11) is 4.11. The van der Waals surface area contributed by atoms with E-state index in [1.54, 1.807) is 23.5 Å². The zero-order valence-electron chi connectivity index (χ0n) is 16.0. The number of rotatable bonds is 7. The first-order valence-corrected chi connectivity index (χ1v) is 9.92. The molecule has 0 saturated heterocycles. The van der Waals surface area contributed by atoms with E-state index in [9.17, 15) is 9.59 Å². The fraction of sp³-hybridized carbons (Fsp3) is 0.238. The second-order valence-electron chi connectivity index (χ2n) is 6.72. The van der Waals surface area contributed by atoms with E-state index in [2.05, 4.69) is 34.3 Å². The molecule has 3 aromatic rings. The molecule has 28 heavy (non-hydrogen) atoms. The van der Waals surface area contributed by atoms with Crippen LogP contribution in [-0.4, -0.2) is 42.1 Å². The van der Waals surface area contributed by atoms with Crippen molar-refractivity contribution in [3.05, 3.63) is 84.3 Å². The molecule has 0 fully saturated rings. The number of aromatic nitrogens is 2. The van der Waals surface area contributed by atoms with E-state index in [1.165, 1.54) is 0 Å². The topological polar surface area (TPSA) is 81.0 Å². The zero-order chi connectivity index (χ0) is 19.9. The van der Waals surface area contributed by atoms with E-state index in [1.807, 2.05) is 42.5 Å². The summed E-state index contributed by atoms with van der Waals surface area (Å²) in [6.07, 6.45) is 4.41. The summed E-state index contributed by atoms with van der Waals surface area (Å²) in [5.41, 5.74) is 0.201. The Bertz CT molecular complexity index is 1140. The number of anilines is 1. The molecule has 0 bridgehead atoms. The van der Waals surface area contributed by atoms with Gasteiger partial charge in [-0.05, 0) is 56.9 Å². The average molecular weight is 397 g/mol. The van der Waals surface area contributed by atoms with Crippen molar-refractivity contribution in [3.8, 4) is 0 Å². The summed E-state index contributed by atoms with van der Waals surface area (Å²) < 4.78 is 0. The number of thiophene rings is 1. The van der Waals surface area contributed by atoms with E-state index in [0.717, 1.165) is 35.0 Å². The van der Waals surface area contributed by atoms with Gasteiger partial charge in [0.05, 0.1) is 5.00 Å². The summed E-state index contributed by atoms with van der Waals surface area (Å²) >= 11 is 1.55. The molecule has 2 aromatic heterocycles. The fourth-order valence-corrected chi connectivity index (χ4v) is 3.56. The minimum atomic E-state index is -0.326. The monoisotopic (exact) mass is 396 g/mol. The number of H-pyrrole nitrogens is 2.